The summed E-state index contributed by atoms with van der Waals surface area (Å²) < 4.78 is 0. The molecule has 1 aromatic rings. The molecule has 1 aliphatic heterocycles. The molecule has 106 valence electrons. The van der Waals surface area contributed by atoms with E-state index in [-0.39, 0.29) is 0 Å². The summed E-state index contributed by atoms with van der Waals surface area (Å²) in [6.07, 6.45) is 5.33. The maximum Gasteiger partial charge on any atom is 0.224 e. The molecular weight excluding hydrogens is 262 g/mol. The van der Waals surface area contributed by atoms with Crippen molar-refractivity contribution in [3.8, 4) is 0 Å². The quantitative estimate of drug-likeness (QED) is 0.805. The molecule has 0 unspecified atom stereocenters. The van der Waals surface area contributed by atoms with Crippen molar-refractivity contribution in [2.75, 3.05) is 43.4 Å². The predicted octanol–water partition coefficient (Wildman–Crippen LogP) is 2.46. The lowest BCUT2D eigenvalue weighted by molar-refractivity contribution is 0.352. The third kappa shape index (κ3) is 4.51. The van der Waals surface area contributed by atoms with Gasteiger partial charge < -0.3 is 15.5 Å². The van der Waals surface area contributed by atoms with Crippen LogP contribution >= 0.6 is 11.6 Å². The largest absolute Gasteiger partial charge is 0.367 e. The molecule has 0 saturated carbocycles. The molecule has 5 nitrogen and oxygen atoms in total. The smallest absolute Gasteiger partial charge is 0.224 e. The second-order valence-electron chi connectivity index (χ2n) is 4.79. The SMILES string of the molecule is CCCNc1ncc(Cl)c(NCCN2CCCC2)n1. The highest BCUT2D eigenvalue weighted by atomic mass is 35.5. The van der Waals surface area contributed by atoms with Crippen LogP contribution in [0.1, 0.15) is 26.2 Å². The number of hydrogen-bond donors (Lipinski definition) is 2. The lowest BCUT2D eigenvalue weighted by Crippen LogP contribution is -2.26. The average Bonchev–Trinajstić information content (AvgIpc) is 2.92. The molecule has 2 rings (SSSR count). The summed E-state index contributed by atoms with van der Waals surface area (Å²) in [5.41, 5.74) is 0. The van der Waals surface area contributed by atoms with E-state index < -0.39 is 0 Å². The Hall–Kier alpha value is -1.07. The molecule has 0 amide bonds. The van der Waals surface area contributed by atoms with E-state index in [1.165, 1.54) is 25.9 Å². The van der Waals surface area contributed by atoms with Gasteiger partial charge in [-0.3, -0.25) is 0 Å². The highest BCUT2D eigenvalue weighted by Crippen LogP contribution is 2.19. The zero-order valence-electron chi connectivity index (χ0n) is 11.5. The molecule has 0 spiro atoms. The van der Waals surface area contributed by atoms with E-state index in [1.807, 2.05) is 0 Å². The lowest BCUT2D eigenvalue weighted by Gasteiger charge is -2.15. The predicted molar refractivity (Wildman–Crippen MR) is 80.0 cm³/mol. The number of halogens is 1. The molecule has 1 aliphatic rings. The first-order valence-electron chi connectivity index (χ1n) is 7.02. The van der Waals surface area contributed by atoms with Crippen LogP contribution < -0.4 is 10.6 Å². The Bertz CT molecular complexity index is 393. The van der Waals surface area contributed by atoms with E-state index in [1.54, 1.807) is 6.20 Å². The van der Waals surface area contributed by atoms with Crippen molar-refractivity contribution in [1.29, 1.82) is 0 Å². The summed E-state index contributed by atoms with van der Waals surface area (Å²) in [4.78, 5) is 11.0. The Morgan fingerprint density at radius 1 is 1.26 bits per heavy atom. The molecule has 0 atom stereocenters. The summed E-state index contributed by atoms with van der Waals surface area (Å²) in [7, 11) is 0. The van der Waals surface area contributed by atoms with Crippen molar-refractivity contribution in [2.24, 2.45) is 0 Å². The molecule has 1 saturated heterocycles. The molecular formula is C13H22ClN5. The molecule has 2 heterocycles. The zero-order chi connectivity index (χ0) is 13.5. The zero-order valence-corrected chi connectivity index (χ0v) is 12.2. The summed E-state index contributed by atoms with van der Waals surface area (Å²) >= 11 is 6.10. The minimum absolute atomic E-state index is 0.573. The van der Waals surface area contributed by atoms with Crippen LogP contribution in [0.3, 0.4) is 0 Å². The van der Waals surface area contributed by atoms with Gasteiger partial charge in [0, 0.05) is 19.6 Å². The van der Waals surface area contributed by atoms with Gasteiger partial charge in [0.1, 0.15) is 5.02 Å². The Morgan fingerprint density at radius 2 is 2.05 bits per heavy atom. The second-order valence-corrected chi connectivity index (χ2v) is 5.20. The fraction of sp³-hybridized carbons (Fsp3) is 0.692. The summed E-state index contributed by atoms with van der Waals surface area (Å²) in [5, 5.41) is 7.03. The monoisotopic (exact) mass is 283 g/mol. The summed E-state index contributed by atoms with van der Waals surface area (Å²) in [6, 6.07) is 0. The van der Waals surface area contributed by atoms with E-state index in [2.05, 4.69) is 32.4 Å². The van der Waals surface area contributed by atoms with Crippen LogP contribution in [0.4, 0.5) is 11.8 Å². The van der Waals surface area contributed by atoms with Crippen molar-refractivity contribution in [2.45, 2.75) is 26.2 Å². The van der Waals surface area contributed by atoms with Crippen LogP contribution in [0.25, 0.3) is 0 Å². The maximum atomic E-state index is 6.10. The van der Waals surface area contributed by atoms with Crippen LogP contribution in [0.15, 0.2) is 6.20 Å². The molecule has 2 N–H and O–H groups in total. The highest BCUT2D eigenvalue weighted by Gasteiger charge is 2.11. The Balaban J connectivity index is 1.83. The number of hydrogen-bond acceptors (Lipinski definition) is 5. The van der Waals surface area contributed by atoms with Gasteiger partial charge in [-0.15, -0.1) is 0 Å². The molecule has 1 aromatic heterocycles. The number of nitrogens with one attached hydrogen (secondary N) is 2. The number of anilines is 2. The second kappa shape index (κ2) is 7.50. The van der Waals surface area contributed by atoms with Gasteiger partial charge in [-0.1, -0.05) is 18.5 Å². The first-order valence-corrected chi connectivity index (χ1v) is 7.40. The van der Waals surface area contributed by atoms with Gasteiger partial charge in [0.25, 0.3) is 0 Å². The first kappa shape index (κ1) is 14.3. The summed E-state index contributed by atoms with van der Waals surface area (Å²) in [6.45, 7) is 7.31. The molecule has 1 fully saturated rings. The van der Waals surface area contributed by atoms with E-state index >= 15 is 0 Å². The molecule has 0 aromatic carbocycles. The number of aromatic nitrogens is 2. The van der Waals surface area contributed by atoms with Gasteiger partial charge in [-0.05, 0) is 32.4 Å². The van der Waals surface area contributed by atoms with Gasteiger partial charge in [0.2, 0.25) is 5.95 Å². The Kier molecular flexibility index (Phi) is 5.66. The molecule has 0 aliphatic carbocycles. The fourth-order valence-electron chi connectivity index (χ4n) is 2.15. The topological polar surface area (TPSA) is 53.1 Å². The number of nitrogens with zero attached hydrogens (tertiary/aromatic N) is 3. The van der Waals surface area contributed by atoms with Crippen LogP contribution in [-0.4, -0.2) is 47.6 Å². The van der Waals surface area contributed by atoms with Gasteiger partial charge >= 0.3 is 0 Å². The maximum absolute atomic E-state index is 6.10. The van der Waals surface area contributed by atoms with E-state index in [0.717, 1.165) is 31.9 Å². The van der Waals surface area contributed by atoms with Crippen molar-refractivity contribution in [3.63, 3.8) is 0 Å². The number of rotatable bonds is 7. The fourth-order valence-corrected chi connectivity index (χ4v) is 2.31. The lowest BCUT2D eigenvalue weighted by atomic mass is 10.4. The van der Waals surface area contributed by atoms with E-state index in [0.29, 0.717) is 11.0 Å². The standard InChI is InChI=1S/C13H22ClN5/c1-2-5-16-13-17-10-11(14)12(18-13)15-6-9-19-7-3-4-8-19/h10H,2-9H2,1H3,(H2,15,16,17,18). The van der Waals surface area contributed by atoms with Crippen molar-refractivity contribution >= 4 is 23.4 Å². The Labute approximate surface area is 119 Å². The van der Waals surface area contributed by atoms with Crippen LogP contribution in [0, 0.1) is 0 Å². The third-order valence-electron chi connectivity index (χ3n) is 3.20. The van der Waals surface area contributed by atoms with E-state index in [9.17, 15) is 0 Å². The third-order valence-corrected chi connectivity index (χ3v) is 3.47. The van der Waals surface area contributed by atoms with E-state index in [4.69, 9.17) is 11.6 Å². The Morgan fingerprint density at radius 3 is 2.79 bits per heavy atom. The van der Waals surface area contributed by atoms with Crippen molar-refractivity contribution in [1.82, 2.24) is 14.9 Å². The van der Waals surface area contributed by atoms with Crippen LogP contribution in [0.5, 0.6) is 0 Å². The minimum Gasteiger partial charge on any atom is -0.367 e. The highest BCUT2D eigenvalue weighted by molar-refractivity contribution is 6.32. The van der Waals surface area contributed by atoms with Crippen LogP contribution in [0.2, 0.25) is 5.02 Å². The molecule has 0 radical (unpaired) electrons. The minimum atomic E-state index is 0.573. The van der Waals surface area contributed by atoms with Gasteiger partial charge in [0.05, 0.1) is 6.20 Å². The van der Waals surface area contributed by atoms with Crippen LogP contribution in [-0.2, 0) is 0 Å². The first-order chi connectivity index (χ1) is 9.29. The average molecular weight is 284 g/mol. The van der Waals surface area contributed by atoms with Gasteiger partial charge in [0.15, 0.2) is 5.82 Å². The van der Waals surface area contributed by atoms with Gasteiger partial charge in [-0.2, -0.15) is 4.98 Å². The molecule has 19 heavy (non-hydrogen) atoms. The molecule has 0 bridgehead atoms. The van der Waals surface area contributed by atoms with Gasteiger partial charge in [-0.25, -0.2) is 4.98 Å². The van der Waals surface area contributed by atoms with Crippen molar-refractivity contribution in [3.05, 3.63) is 11.2 Å². The summed E-state index contributed by atoms with van der Waals surface area (Å²) in [5.74, 6) is 1.35. The molecule has 6 heteroatoms. The normalized spacial score (nSPS) is 15.7. The number of likely N-dealkylation sites (tertiary alicyclic amines) is 1. The van der Waals surface area contributed by atoms with Crippen molar-refractivity contribution < 1.29 is 0 Å².